The molecule has 1 atom stereocenters. The maximum Gasteiger partial charge on any atom is 0.215 e. The largest absolute Gasteiger partial charge is 0.494 e. The van der Waals surface area contributed by atoms with Gasteiger partial charge < -0.3 is 4.74 Å². The lowest BCUT2D eigenvalue weighted by atomic mass is 10.2. The van der Waals surface area contributed by atoms with E-state index in [4.69, 9.17) is 4.74 Å². The van der Waals surface area contributed by atoms with Crippen LogP contribution in [-0.4, -0.2) is 35.0 Å². The molecule has 7 nitrogen and oxygen atoms in total. The number of nitrogens with one attached hydrogen (secondary N) is 1. The molecule has 0 aliphatic carbocycles. The van der Waals surface area contributed by atoms with Gasteiger partial charge in [0.25, 0.3) is 0 Å². The van der Waals surface area contributed by atoms with Crippen LogP contribution in [0.25, 0.3) is 0 Å². The molecular formula is C23H26N2O5S2. The molecule has 0 saturated carbocycles. The lowest BCUT2D eigenvalue weighted by Gasteiger charge is -2.19. The number of nitrogens with zero attached hydrogens (tertiary/aromatic N) is 1. The van der Waals surface area contributed by atoms with E-state index >= 15 is 0 Å². The van der Waals surface area contributed by atoms with Gasteiger partial charge in [-0.1, -0.05) is 35.9 Å². The molecule has 170 valence electrons. The second-order valence-electron chi connectivity index (χ2n) is 7.32. The minimum atomic E-state index is -3.91. The van der Waals surface area contributed by atoms with Crippen molar-refractivity contribution in [1.29, 1.82) is 0 Å². The van der Waals surface area contributed by atoms with Gasteiger partial charge in [-0.15, -0.1) is 0 Å². The summed E-state index contributed by atoms with van der Waals surface area (Å²) in [5.74, 6) is 0.319. The van der Waals surface area contributed by atoms with Crippen LogP contribution in [0.5, 0.6) is 5.75 Å². The molecule has 32 heavy (non-hydrogen) atoms. The summed E-state index contributed by atoms with van der Waals surface area (Å²) in [6, 6.07) is 16.5. The van der Waals surface area contributed by atoms with E-state index in [1.807, 2.05) is 26.0 Å². The molecule has 0 bridgehead atoms. The molecule has 1 N–H and O–H groups in total. The Morgan fingerprint density at radius 3 is 2.25 bits per heavy atom. The summed E-state index contributed by atoms with van der Waals surface area (Å²) < 4.78 is 60.0. The van der Waals surface area contributed by atoms with Gasteiger partial charge in [-0.2, -0.15) is 0 Å². The topological polar surface area (TPSA) is 102 Å². The third-order valence-electron chi connectivity index (χ3n) is 4.86. The highest BCUT2D eigenvalue weighted by Crippen LogP contribution is 2.29. The summed E-state index contributed by atoms with van der Waals surface area (Å²) in [5, 5.41) is -1.14. The first kappa shape index (κ1) is 23.9. The number of hydrogen-bond acceptors (Lipinski definition) is 6. The lowest BCUT2D eigenvalue weighted by Crippen LogP contribution is -2.32. The Balaban J connectivity index is 1.85. The van der Waals surface area contributed by atoms with Crippen LogP contribution in [0.2, 0.25) is 0 Å². The number of hydrogen-bond donors (Lipinski definition) is 1. The van der Waals surface area contributed by atoms with Crippen LogP contribution in [0.4, 0.5) is 0 Å². The van der Waals surface area contributed by atoms with E-state index in [9.17, 15) is 16.8 Å². The van der Waals surface area contributed by atoms with Gasteiger partial charge in [0.2, 0.25) is 10.0 Å². The minimum Gasteiger partial charge on any atom is -0.494 e. The summed E-state index contributed by atoms with van der Waals surface area (Å²) in [5.41, 5.74) is 2.05. The third kappa shape index (κ3) is 6.15. The van der Waals surface area contributed by atoms with Crippen molar-refractivity contribution in [3.8, 4) is 5.75 Å². The monoisotopic (exact) mass is 474 g/mol. The van der Waals surface area contributed by atoms with Crippen LogP contribution in [0.3, 0.4) is 0 Å². The maximum atomic E-state index is 13.4. The van der Waals surface area contributed by atoms with E-state index in [1.165, 1.54) is 24.5 Å². The van der Waals surface area contributed by atoms with Crippen LogP contribution in [0, 0.1) is 6.92 Å². The molecule has 3 rings (SSSR count). The molecule has 0 spiro atoms. The molecule has 0 amide bonds. The number of ether oxygens (including phenoxy) is 1. The van der Waals surface area contributed by atoms with Crippen molar-refractivity contribution in [3.63, 3.8) is 0 Å². The Bertz CT molecular complexity index is 1230. The smallest absolute Gasteiger partial charge is 0.215 e. The van der Waals surface area contributed by atoms with Crippen molar-refractivity contribution < 1.29 is 21.6 Å². The van der Waals surface area contributed by atoms with E-state index < -0.39 is 25.1 Å². The zero-order valence-corrected chi connectivity index (χ0v) is 19.6. The normalized spacial score (nSPS) is 12.9. The summed E-state index contributed by atoms with van der Waals surface area (Å²) in [6.07, 6.45) is 2.97. The first-order chi connectivity index (χ1) is 15.2. The number of benzene rings is 2. The Kier molecular flexibility index (Phi) is 7.65. The zero-order valence-electron chi connectivity index (χ0n) is 17.9. The molecule has 0 saturated heterocycles. The molecule has 0 fully saturated rings. The van der Waals surface area contributed by atoms with Crippen molar-refractivity contribution in [2.24, 2.45) is 0 Å². The van der Waals surface area contributed by atoms with Crippen LogP contribution in [0.1, 0.15) is 28.9 Å². The van der Waals surface area contributed by atoms with Gasteiger partial charge in [0.05, 0.1) is 17.3 Å². The molecule has 0 aliphatic heterocycles. The van der Waals surface area contributed by atoms with Crippen molar-refractivity contribution >= 4 is 19.9 Å². The predicted octanol–water partition coefficient (Wildman–Crippen LogP) is 3.42. The minimum absolute atomic E-state index is 0.0764. The Labute approximate surface area is 189 Å². The highest BCUT2D eigenvalue weighted by molar-refractivity contribution is 7.92. The van der Waals surface area contributed by atoms with Crippen molar-refractivity contribution in [1.82, 2.24) is 9.71 Å². The van der Waals surface area contributed by atoms with E-state index in [-0.39, 0.29) is 17.2 Å². The quantitative estimate of drug-likeness (QED) is 0.483. The van der Waals surface area contributed by atoms with Crippen molar-refractivity contribution in [2.45, 2.75) is 29.7 Å². The highest BCUT2D eigenvalue weighted by Gasteiger charge is 2.31. The predicted molar refractivity (Wildman–Crippen MR) is 124 cm³/mol. The van der Waals surface area contributed by atoms with E-state index in [1.54, 1.807) is 36.4 Å². The number of aromatic nitrogens is 1. The summed E-state index contributed by atoms with van der Waals surface area (Å²) in [6.45, 7) is 3.91. The molecule has 1 aromatic heterocycles. The molecule has 0 radical (unpaired) electrons. The fraction of sp³-hybridized carbons (Fsp3) is 0.261. The van der Waals surface area contributed by atoms with Crippen molar-refractivity contribution in [2.75, 3.05) is 13.2 Å². The lowest BCUT2D eigenvalue weighted by molar-refractivity contribution is 0.340. The molecule has 3 aromatic rings. The zero-order chi connectivity index (χ0) is 23.2. The standard InChI is InChI=1S/C23H26N2O5S2/c1-3-30-21-10-12-22(13-11-21)32(28,29)23(20-5-4-14-24-15-20)16-25-31(26,27)17-19-8-6-18(2)7-9-19/h4-15,23,25H,3,16-17H2,1-2H3. The Morgan fingerprint density at radius 1 is 0.969 bits per heavy atom. The Morgan fingerprint density at radius 2 is 1.66 bits per heavy atom. The van der Waals surface area contributed by atoms with Crippen LogP contribution < -0.4 is 9.46 Å². The number of aryl methyl sites for hydroxylation is 1. The summed E-state index contributed by atoms with van der Waals surface area (Å²) in [4.78, 5) is 4.09. The fourth-order valence-corrected chi connectivity index (χ4v) is 6.09. The average molecular weight is 475 g/mol. The van der Waals surface area contributed by atoms with Gasteiger partial charge >= 0.3 is 0 Å². The molecular weight excluding hydrogens is 448 g/mol. The Hall–Kier alpha value is -2.75. The molecule has 9 heteroatoms. The maximum absolute atomic E-state index is 13.4. The second-order valence-corrected chi connectivity index (χ2v) is 11.3. The van der Waals surface area contributed by atoms with Crippen LogP contribution >= 0.6 is 0 Å². The average Bonchev–Trinajstić information content (AvgIpc) is 2.76. The van der Waals surface area contributed by atoms with Gasteiger partial charge in [-0.3, -0.25) is 4.98 Å². The van der Waals surface area contributed by atoms with Gasteiger partial charge in [0.1, 0.15) is 11.0 Å². The first-order valence-electron chi connectivity index (χ1n) is 10.1. The molecule has 2 aromatic carbocycles. The second kappa shape index (κ2) is 10.2. The van der Waals surface area contributed by atoms with Gasteiger partial charge in [0, 0.05) is 18.9 Å². The number of pyridine rings is 1. The summed E-state index contributed by atoms with van der Waals surface area (Å²) >= 11 is 0. The SMILES string of the molecule is CCOc1ccc(S(=O)(=O)C(CNS(=O)(=O)Cc2ccc(C)cc2)c2cccnc2)cc1. The fourth-order valence-electron chi connectivity index (χ4n) is 3.19. The number of sulfonamides is 1. The molecule has 0 aliphatic rings. The van der Waals surface area contributed by atoms with E-state index in [2.05, 4.69) is 9.71 Å². The summed E-state index contributed by atoms with van der Waals surface area (Å²) in [7, 11) is -7.67. The highest BCUT2D eigenvalue weighted by atomic mass is 32.2. The number of sulfone groups is 1. The molecule has 1 heterocycles. The third-order valence-corrected chi connectivity index (χ3v) is 8.30. The van der Waals surface area contributed by atoms with Crippen LogP contribution in [-0.2, 0) is 25.6 Å². The van der Waals surface area contributed by atoms with Gasteiger partial charge in [0.15, 0.2) is 9.84 Å². The van der Waals surface area contributed by atoms with Gasteiger partial charge in [-0.25, -0.2) is 21.6 Å². The van der Waals surface area contributed by atoms with Crippen molar-refractivity contribution in [3.05, 3.63) is 89.7 Å². The first-order valence-corrected chi connectivity index (χ1v) is 13.3. The number of rotatable bonds is 10. The van der Waals surface area contributed by atoms with E-state index in [0.717, 1.165) is 5.56 Å². The van der Waals surface area contributed by atoms with Crippen LogP contribution in [0.15, 0.2) is 78.0 Å². The van der Waals surface area contributed by atoms with E-state index in [0.29, 0.717) is 23.5 Å². The van der Waals surface area contributed by atoms with Gasteiger partial charge in [-0.05, 0) is 55.3 Å². The molecule has 1 unspecified atom stereocenters.